The van der Waals surface area contributed by atoms with E-state index in [9.17, 15) is 14.9 Å². The Balaban J connectivity index is 1.94. The fourth-order valence-corrected chi connectivity index (χ4v) is 1.64. The number of benzene rings is 1. The summed E-state index contributed by atoms with van der Waals surface area (Å²) in [6.07, 6.45) is 0. The van der Waals surface area contributed by atoms with Crippen molar-refractivity contribution in [3.05, 3.63) is 45.6 Å². The number of hydrogen-bond donors (Lipinski definition) is 2. The Hall–Kier alpha value is -2.97. The molecule has 0 fully saturated rings. The van der Waals surface area contributed by atoms with Crippen molar-refractivity contribution in [1.29, 1.82) is 0 Å². The van der Waals surface area contributed by atoms with Gasteiger partial charge in [-0.3, -0.25) is 10.1 Å². The SMILES string of the molecule is Cc1nc(CNC(=O)Nc2ccc([N+](=O)[O-])cc2C)no1. The fourth-order valence-electron chi connectivity index (χ4n) is 1.64. The molecule has 2 aromatic rings. The number of nitrogens with one attached hydrogen (secondary N) is 2. The van der Waals surface area contributed by atoms with E-state index in [1.165, 1.54) is 18.2 Å². The molecule has 0 saturated carbocycles. The van der Waals surface area contributed by atoms with Gasteiger partial charge in [-0.15, -0.1) is 0 Å². The lowest BCUT2D eigenvalue weighted by molar-refractivity contribution is -0.384. The van der Waals surface area contributed by atoms with E-state index in [4.69, 9.17) is 4.52 Å². The zero-order chi connectivity index (χ0) is 15.4. The van der Waals surface area contributed by atoms with Gasteiger partial charge in [0, 0.05) is 24.7 Å². The van der Waals surface area contributed by atoms with Crippen LogP contribution in [0, 0.1) is 24.0 Å². The predicted molar refractivity (Wildman–Crippen MR) is 72.7 cm³/mol. The molecule has 0 aliphatic rings. The van der Waals surface area contributed by atoms with Crippen LogP contribution in [0.1, 0.15) is 17.3 Å². The van der Waals surface area contributed by atoms with Crippen LogP contribution in [-0.4, -0.2) is 21.1 Å². The van der Waals surface area contributed by atoms with Crippen LogP contribution in [0.2, 0.25) is 0 Å². The van der Waals surface area contributed by atoms with Crippen molar-refractivity contribution < 1.29 is 14.2 Å². The first-order valence-corrected chi connectivity index (χ1v) is 6.05. The number of aryl methyl sites for hydroxylation is 2. The number of carbonyl (C=O) groups excluding carboxylic acids is 1. The third kappa shape index (κ3) is 3.75. The summed E-state index contributed by atoms with van der Waals surface area (Å²) < 4.78 is 4.77. The minimum atomic E-state index is -0.491. The van der Waals surface area contributed by atoms with Crippen LogP contribution >= 0.6 is 0 Å². The second-order valence-corrected chi connectivity index (χ2v) is 4.29. The van der Waals surface area contributed by atoms with Crippen LogP contribution in [0.25, 0.3) is 0 Å². The average molecular weight is 291 g/mol. The van der Waals surface area contributed by atoms with Crippen molar-refractivity contribution in [2.45, 2.75) is 20.4 Å². The summed E-state index contributed by atoms with van der Waals surface area (Å²) >= 11 is 0. The van der Waals surface area contributed by atoms with Crippen LogP contribution < -0.4 is 10.6 Å². The van der Waals surface area contributed by atoms with E-state index < -0.39 is 11.0 Å². The molecule has 0 spiro atoms. The highest BCUT2D eigenvalue weighted by atomic mass is 16.6. The van der Waals surface area contributed by atoms with E-state index >= 15 is 0 Å². The molecule has 2 N–H and O–H groups in total. The number of non-ortho nitro benzene ring substituents is 1. The van der Waals surface area contributed by atoms with Crippen LogP contribution in [0.5, 0.6) is 0 Å². The molecule has 1 heterocycles. The third-order valence-electron chi connectivity index (χ3n) is 2.65. The van der Waals surface area contributed by atoms with Crippen LogP contribution in [-0.2, 0) is 6.54 Å². The maximum atomic E-state index is 11.7. The number of rotatable bonds is 4. The first kappa shape index (κ1) is 14.4. The molecule has 110 valence electrons. The summed E-state index contributed by atoms with van der Waals surface area (Å²) in [4.78, 5) is 25.8. The molecule has 0 saturated heterocycles. The Bertz CT molecular complexity index is 682. The Kier molecular flexibility index (Phi) is 4.12. The Morgan fingerprint density at radius 1 is 1.43 bits per heavy atom. The molecule has 0 bridgehead atoms. The second-order valence-electron chi connectivity index (χ2n) is 4.29. The van der Waals surface area contributed by atoms with E-state index in [0.717, 1.165) is 0 Å². The Morgan fingerprint density at radius 2 is 2.19 bits per heavy atom. The Labute approximate surface area is 119 Å². The zero-order valence-electron chi connectivity index (χ0n) is 11.4. The molecule has 0 aliphatic heterocycles. The largest absolute Gasteiger partial charge is 0.340 e. The summed E-state index contributed by atoms with van der Waals surface area (Å²) in [5.41, 5.74) is 1.05. The Morgan fingerprint density at radius 3 is 2.76 bits per heavy atom. The maximum absolute atomic E-state index is 11.7. The van der Waals surface area contributed by atoms with Gasteiger partial charge in [0.25, 0.3) is 5.69 Å². The quantitative estimate of drug-likeness (QED) is 0.655. The first-order valence-electron chi connectivity index (χ1n) is 6.05. The summed E-state index contributed by atoms with van der Waals surface area (Å²) in [6, 6.07) is 3.73. The van der Waals surface area contributed by atoms with Gasteiger partial charge in [-0.05, 0) is 18.6 Å². The van der Waals surface area contributed by atoms with Gasteiger partial charge < -0.3 is 15.2 Å². The number of urea groups is 1. The minimum absolute atomic E-state index is 0.0271. The maximum Gasteiger partial charge on any atom is 0.319 e. The number of amides is 2. The lowest BCUT2D eigenvalue weighted by Gasteiger charge is -2.08. The number of nitro groups is 1. The number of hydrogen-bond acceptors (Lipinski definition) is 6. The van der Waals surface area contributed by atoms with Crippen molar-refractivity contribution in [2.75, 3.05) is 5.32 Å². The molecule has 2 amide bonds. The second kappa shape index (κ2) is 5.99. The molecule has 9 heteroatoms. The van der Waals surface area contributed by atoms with E-state index in [1.807, 2.05) is 0 Å². The summed E-state index contributed by atoms with van der Waals surface area (Å²) in [5, 5.41) is 19.4. The van der Waals surface area contributed by atoms with Gasteiger partial charge in [-0.2, -0.15) is 4.98 Å². The predicted octanol–water partition coefficient (Wildman–Crippen LogP) is 1.92. The highest BCUT2D eigenvalue weighted by Gasteiger charge is 2.10. The van der Waals surface area contributed by atoms with E-state index in [0.29, 0.717) is 23.0 Å². The fraction of sp³-hybridized carbons (Fsp3) is 0.250. The van der Waals surface area contributed by atoms with Crippen LogP contribution in [0.3, 0.4) is 0 Å². The van der Waals surface area contributed by atoms with Gasteiger partial charge in [0.05, 0.1) is 11.5 Å². The van der Waals surface area contributed by atoms with E-state index in [2.05, 4.69) is 20.8 Å². The van der Waals surface area contributed by atoms with Crippen molar-refractivity contribution >= 4 is 17.4 Å². The summed E-state index contributed by atoms with van der Waals surface area (Å²) in [7, 11) is 0. The molecule has 1 aromatic carbocycles. The number of carbonyl (C=O) groups is 1. The molecule has 0 aliphatic carbocycles. The van der Waals surface area contributed by atoms with E-state index in [1.54, 1.807) is 13.8 Å². The zero-order valence-corrected chi connectivity index (χ0v) is 11.4. The molecule has 1 aromatic heterocycles. The topological polar surface area (TPSA) is 123 Å². The molecular weight excluding hydrogens is 278 g/mol. The molecule has 0 radical (unpaired) electrons. The summed E-state index contributed by atoms with van der Waals surface area (Å²) in [5.74, 6) is 0.779. The standard InChI is InChI=1S/C12H13N5O4/c1-7-5-9(17(19)20)3-4-10(7)15-12(18)13-6-11-14-8(2)21-16-11/h3-5H,6H2,1-2H3,(H2,13,15,18). The van der Waals surface area contributed by atoms with Gasteiger partial charge in [0.15, 0.2) is 5.82 Å². The van der Waals surface area contributed by atoms with Crippen molar-refractivity contribution in [1.82, 2.24) is 15.5 Å². The lowest BCUT2D eigenvalue weighted by atomic mass is 10.2. The number of nitrogens with zero attached hydrogens (tertiary/aromatic N) is 3. The third-order valence-corrected chi connectivity index (χ3v) is 2.65. The monoisotopic (exact) mass is 291 g/mol. The summed E-state index contributed by atoms with van der Waals surface area (Å²) in [6.45, 7) is 3.44. The van der Waals surface area contributed by atoms with Crippen molar-refractivity contribution in [2.24, 2.45) is 0 Å². The van der Waals surface area contributed by atoms with Gasteiger partial charge in [-0.25, -0.2) is 4.79 Å². The smallest absolute Gasteiger partial charge is 0.319 e. The van der Waals surface area contributed by atoms with Gasteiger partial charge in [-0.1, -0.05) is 5.16 Å². The number of anilines is 1. The van der Waals surface area contributed by atoms with Gasteiger partial charge in [0.2, 0.25) is 5.89 Å². The molecule has 0 atom stereocenters. The molecule has 21 heavy (non-hydrogen) atoms. The van der Waals surface area contributed by atoms with Gasteiger partial charge >= 0.3 is 6.03 Å². The highest BCUT2D eigenvalue weighted by Crippen LogP contribution is 2.20. The first-order chi connectivity index (χ1) is 9.95. The van der Waals surface area contributed by atoms with Gasteiger partial charge in [0.1, 0.15) is 0 Å². The number of nitro benzene ring substituents is 1. The van der Waals surface area contributed by atoms with E-state index in [-0.39, 0.29) is 12.2 Å². The average Bonchev–Trinajstić information content (AvgIpc) is 2.84. The number of aromatic nitrogens is 2. The molecular formula is C12H13N5O4. The van der Waals surface area contributed by atoms with Crippen molar-refractivity contribution in [3.63, 3.8) is 0 Å². The lowest BCUT2D eigenvalue weighted by Crippen LogP contribution is -2.28. The van der Waals surface area contributed by atoms with Crippen LogP contribution in [0.15, 0.2) is 22.7 Å². The minimum Gasteiger partial charge on any atom is -0.340 e. The van der Waals surface area contributed by atoms with Crippen LogP contribution in [0.4, 0.5) is 16.2 Å². The highest BCUT2D eigenvalue weighted by molar-refractivity contribution is 5.90. The van der Waals surface area contributed by atoms with Crippen molar-refractivity contribution in [3.8, 4) is 0 Å². The normalized spacial score (nSPS) is 10.2. The molecule has 9 nitrogen and oxygen atoms in total. The molecule has 0 unspecified atom stereocenters. The molecule has 2 rings (SSSR count).